The lowest BCUT2D eigenvalue weighted by Crippen LogP contribution is -2.20. The van der Waals surface area contributed by atoms with Crippen LogP contribution in [0.5, 0.6) is 0 Å². The van der Waals surface area contributed by atoms with Gasteiger partial charge in [-0.3, -0.25) is 9.97 Å². The molecule has 3 nitrogen and oxygen atoms in total. The number of likely N-dealkylation sites (N-methyl/N-ethyl adjacent to an activating group) is 1. The summed E-state index contributed by atoms with van der Waals surface area (Å²) >= 11 is 0. The van der Waals surface area contributed by atoms with Gasteiger partial charge >= 0.3 is 0 Å². The molecule has 0 fully saturated rings. The molecule has 2 heterocycles. The van der Waals surface area contributed by atoms with Crippen molar-refractivity contribution in [3.05, 3.63) is 71.7 Å². The summed E-state index contributed by atoms with van der Waals surface area (Å²) in [6.07, 6.45) is 2.71. The number of hydrogen-bond acceptors (Lipinski definition) is 3. The maximum atomic E-state index is 4.62. The molecule has 0 saturated carbocycles. The Morgan fingerprint density at radius 3 is 2.67 bits per heavy atom. The van der Waals surface area contributed by atoms with E-state index in [1.807, 2.05) is 38.4 Å². The van der Waals surface area contributed by atoms with Gasteiger partial charge in [-0.2, -0.15) is 0 Å². The fourth-order valence-electron chi connectivity index (χ4n) is 2.72. The van der Waals surface area contributed by atoms with Crippen molar-refractivity contribution in [2.45, 2.75) is 19.4 Å². The van der Waals surface area contributed by atoms with Gasteiger partial charge in [-0.05, 0) is 43.8 Å². The highest BCUT2D eigenvalue weighted by Crippen LogP contribution is 2.26. The molecule has 1 aromatic carbocycles. The van der Waals surface area contributed by atoms with Gasteiger partial charge in [0.1, 0.15) is 0 Å². The van der Waals surface area contributed by atoms with Crippen LogP contribution >= 0.6 is 0 Å². The van der Waals surface area contributed by atoms with E-state index in [9.17, 15) is 0 Å². The Labute approximate surface area is 125 Å². The molecule has 0 amide bonds. The lowest BCUT2D eigenvalue weighted by molar-refractivity contribution is 0.587. The van der Waals surface area contributed by atoms with Gasteiger partial charge in [0.15, 0.2) is 0 Å². The zero-order valence-corrected chi connectivity index (χ0v) is 12.4. The number of pyridine rings is 2. The number of hydrogen-bond donors (Lipinski definition) is 1. The highest BCUT2D eigenvalue weighted by molar-refractivity contribution is 5.82. The number of benzene rings is 1. The van der Waals surface area contributed by atoms with Gasteiger partial charge < -0.3 is 5.32 Å². The highest BCUT2D eigenvalue weighted by Gasteiger charge is 2.15. The van der Waals surface area contributed by atoms with Crippen LogP contribution in [0.3, 0.4) is 0 Å². The Morgan fingerprint density at radius 1 is 1.10 bits per heavy atom. The molecule has 0 aliphatic rings. The fraction of sp³-hybridized carbons (Fsp3) is 0.222. The minimum atomic E-state index is 0.228. The van der Waals surface area contributed by atoms with Crippen LogP contribution in [0.15, 0.2) is 54.7 Å². The number of para-hydroxylation sites is 1. The fourth-order valence-corrected chi connectivity index (χ4v) is 2.72. The number of fused-ring (bicyclic) bond motifs is 1. The topological polar surface area (TPSA) is 37.8 Å². The van der Waals surface area contributed by atoms with Crippen LogP contribution in [0.25, 0.3) is 10.9 Å². The summed E-state index contributed by atoms with van der Waals surface area (Å²) in [4.78, 5) is 9.06. The van der Waals surface area contributed by atoms with Crippen LogP contribution < -0.4 is 5.32 Å². The number of aryl methyl sites for hydroxylation is 1. The average molecular weight is 277 g/mol. The first-order valence-electron chi connectivity index (χ1n) is 7.21. The molecule has 21 heavy (non-hydrogen) atoms. The van der Waals surface area contributed by atoms with Crippen molar-refractivity contribution >= 4 is 10.9 Å². The SMILES string of the molecule is CNC(Cc1ccccn1)c1cc(C)nc2ccccc12. The first-order chi connectivity index (χ1) is 10.3. The minimum Gasteiger partial charge on any atom is -0.313 e. The van der Waals surface area contributed by atoms with Crippen LogP contribution in [-0.2, 0) is 6.42 Å². The smallest absolute Gasteiger partial charge is 0.0708 e. The van der Waals surface area contributed by atoms with E-state index >= 15 is 0 Å². The Hall–Kier alpha value is -2.26. The van der Waals surface area contributed by atoms with Crippen molar-refractivity contribution in [3.8, 4) is 0 Å². The van der Waals surface area contributed by atoms with E-state index in [4.69, 9.17) is 0 Å². The van der Waals surface area contributed by atoms with Crippen LogP contribution in [0.1, 0.15) is 23.0 Å². The molecule has 1 atom stereocenters. The molecule has 2 aromatic heterocycles. The molecule has 0 spiro atoms. The predicted molar refractivity (Wildman–Crippen MR) is 86.2 cm³/mol. The summed E-state index contributed by atoms with van der Waals surface area (Å²) in [5, 5.41) is 4.63. The highest BCUT2D eigenvalue weighted by atomic mass is 14.9. The van der Waals surface area contributed by atoms with E-state index in [-0.39, 0.29) is 6.04 Å². The monoisotopic (exact) mass is 277 g/mol. The molecule has 3 rings (SSSR count). The standard InChI is InChI=1S/C18H19N3/c1-13-11-16(15-8-3-4-9-17(15)21-13)18(19-2)12-14-7-5-6-10-20-14/h3-11,18-19H,12H2,1-2H3. The lowest BCUT2D eigenvalue weighted by atomic mass is 9.97. The molecule has 1 N–H and O–H groups in total. The number of nitrogens with zero attached hydrogens (tertiary/aromatic N) is 2. The second kappa shape index (κ2) is 6.02. The number of aromatic nitrogens is 2. The lowest BCUT2D eigenvalue weighted by Gasteiger charge is -2.19. The van der Waals surface area contributed by atoms with E-state index in [1.54, 1.807) is 0 Å². The van der Waals surface area contributed by atoms with E-state index in [0.29, 0.717) is 0 Å². The Bertz CT molecular complexity index is 738. The van der Waals surface area contributed by atoms with Gasteiger partial charge in [0.25, 0.3) is 0 Å². The minimum absolute atomic E-state index is 0.228. The zero-order valence-electron chi connectivity index (χ0n) is 12.4. The number of rotatable bonds is 4. The van der Waals surface area contributed by atoms with Gasteiger partial charge in [0.2, 0.25) is 0 Å². The molecule has 106 valence electrons. The molecular weight excluding hydrogens is 258 g/mol. The van der Waals surface area contributed by atoms with Gasteiger partial charge in [0.05, 0.1) is 5.52 Å². The molecule has 3 heteroatoms. The summed E-state index contributed by atoms with van der Waals surface area (Å²) in [5.74, 6) is 0. The van der Waals surface area contributed by atoms with E-state index in [2.05, 4.69) is 45.6 Å². The summed E-state index contributed by atoms with van der Waals surface area (Å²) in [7, 11) is 2.00. The number of nitrogens with one attached hydrogen (secondary N) is 1. The van der Waals surface area contributed by atoms with Crippen molar-refractivity contribution in [2.24, 2.45) is 0 Å². The first-order valence-corrected chi connectivity index (χ1v) is 7.21. The van der Waals surface area contributed by atoms with Gasteiger partial charge in [-0.1, -0.05) is 24.3 Å². The largest absolute Gasteiger partial charge is 0.313 e. The van der Waals surface area contributed by atoms with Crippen molar-refractivity contribution in [1.29, 1.82) is 0 Å². The first kappa shape index (κ1) is 13.7. The Kier molecular flexibility index (Phi) is 3.93. The van der Waals surface area contributed by atoms with Crippen molar-refractivity contribution in [2.75, 3.05) is 7.05 Å². The molecule has 0 saturated heterocycles. The van der Waals surface area contributed by atoms with Crippen LogP contribution in [0, 0.1) is 6.92 Å². The molecule has 0 bridgehead atoms. The van der Waals surface area contributed by atoms with Crippen LogP contribution in [-0.4, -0.2) is 17.0 Å². The molecule has 1 unspecified atom stereocenters. The normalized spacial score (nSPS) is 12.5. The Morgan fingerprint density at radius 2 is 1.90 bits per heavy atom. The van der Waals surface area contributed by atoms with Gasteiger partial charge in [-0.15, -0.1) is 0 Å². The summed E-state index contributed by atoms with van der Waals surface area (Å²) in [6.45, 7) is 2.05. The van der Waals surface area contributed by atoms with Gasteiger partial charge in [-0.25, -0.2) is 0 Å². The van der Waals surface area contributed by atoms with Crippen molar-refractivity contribution in [1.82, 2.24) is 15.3 Å². The summed E-state index contributed by atoms with van der Waals surface area (Å²) < 4.78 is 0. The third-order valence-electron chi connectivity index (χ3n) is 3.74. The summed E-state index contributed by atoms with van der Waals surface area (Å²) in [5.41, 5.74) is 4.47. The third kappa shape index (κ3) is 2.93. The van der Waals surface area contributed by atoms with E-state index < -0.39 is 0 Å². The average Bonchev–Trinajstić information content (AvgIpc) is 2.53. The molecular formula is C18H19N3. The Balaban J connectivity index is 2.04. The van der Waals surface area contributed by atoms with E-state index in [0.717, 1.165) is 23.3 Å². The van der Waals surface area contributed by atoms with Crippen LogP contribution in [0.2, 0.25) is 0 Å². The maximum Gasteiger partial charge on any atom is 0.0708 e. The zero-order chi connectivity index (χ0) is 14.7. The van der Waals surface area contributed by atoms with Crippen LogP contribution in [0.4, 0.5) is 0 Å². The summed E-state index contributed by atoms with van der Waals surface area (Å²) in [6, 6.07) is 16.8. The van der Waals surface area contributed by atoms with Crippen molar-refractivity contribution < 1.29 is 0 Å². The molecule has 3 aromatic rings. The second-order valence-electron chi connectivity index (χ2n) is 5.24. The predicted octanol–water partition coefficient (Wildman–Crippen LogP) is 3.44. The van der Waals surface area contributed by atoms with Gasteiger partial charge in [0, 0.05) is 35.4 Å². The van der Waals surface area contributed by atoms with E-state index in [1.165, 1.54) is 10.9 Å². The quantitative estimate of drug-likeness (QED) is 0.794. The second-order valence-corrected chi connectivity index (χ2v) is 5.24. The maximum absolute atomic E-state index is 4.62. The molecule has 0 aliphatic carbocycles. The third-order valence-corrected chi connectivity index (χ3v) is 3.74. The van der Waals surface area contributed by atoms with Crippen molar-refractivity contribution in [3.63, 3.8) is 0 Å². The molecule has 0 aliphatic heterocycles. The molecule has 0 radical (unpaired) electrons.